The number of hydrogen-bond donors (Lipinski definition) is 2. The van der Waals surface area contributed by atoms with Gasteiger partial charge in [-0.25, -0.2) is 4.98 Å². The average molecular weight is 284 g/mol. The third-order valence-corrected chi connectivity index (χ3v) is 3.47. The van der Waals surface area contributed by atoms with Crippen molar-refractivity contribution in [3.63, 3.8) is 0 Å². The molecule has 2 heterocycles. The molecule has 5 nitrogen and oxygen atoms in total. The molecule has 0 aliphatic carbocycles. The van der Waals surface area contributed by atoms with E-state index in [9.17, 15) is 0 Å². The zero-order chi connectivity index (χ0) is 14.5. The maximum Gasteiger partial charge on any atom is 0.147 e. The molecule has 21 heavy (non-hydrogen) atoms. The summed E-state index contributed by atoms with van der Waals surface area (Å²) >= 11 is 0. The van der Waals surface area contributed by atoms with Crippen molar-refractivity contribution in [3.8, 4) is 5.75 Å². The Morgan fingerprint density at radius 1 is 1.24 bits per heavy atom. The van der Waals surface area contributed by atoms with Crippen molar-refractivity contribution in [2.75, 3.05) is 23.8 Å². The monoisotopic (exact) mass is 284 g/mol. The van der Waals surface area contributed by atoms with E-state index >= 15 is 0 Å². The quantitative estimate of drug-likeness (QED) is 0.882. The Kier molecular flexibility index (Phi) is 4.19. The van der Waals surface area contributed by atoms with Gasteiger partial charge in [0.15, 0.2) is 0 Å². The summed E-state index contributed by atoms with van der Waals surface area (Å²) in [6.45, 7) is 3.75. The molecular weight excluding hydrogens is 264 g/mol. The molecule has 0 saturated carbocycles. The Balaban J connectivity index is 1.75. The van der Waals surface area contributed by atoms with E-state index in [0.717, 1.165) is 43.4 Å². The fourth-order valence-electron chi connectivity index (χ4n) is 2.44. The molecule has 0 saturated heterocycles. The first-order valence-electron chi connectivity index (χ1n) is 7.41. The Hall–Kier alpha value is -2.30. The molecule has 1 aliphatic rings. The first kappa shape index (κ1) is 13.7. The first-order valence-corrected chi connectivity index (χ1v) is 7.41. The summed E-state index contributed by atoms with van der Waals surface area (Å²) in [5.41, 5.74) is 1.18. The predicted molar refractivity (Wildman–Crippen MR) is 83.7 cm³/mol. The maximum atomic E-state index is 5.68. The van der Waals surface area contributed by atoms with E-state index in [-0.39, 0.29) is 6.04 Å². The van der Waals surface area contributed by atoms with E-state index in [1.54, 1.807) is 12.4 Å². The van der Waals surface area contributed by atoms with Crippen LogP contribution in [0.15, 0.2) is 36.7 Å². The molecule has 0 radical (unpaired) electrons. The minimum atomic E-state index is 0.214. The van der Waals surface area contributed by atoms with Gasteiger partial charge in [0.1, 0.15) is 17.4 Å². The maximum absolute atomic E-state index is 5.68. The van der Waals surface area contributed by atoms with Gasteiger partial charge in [-0.1, -0.05) is 25.1 Å². The van der Waals surface area contributed by atoms with Gasteiger partial charge in [-0.05, 0) is 12.5 Å². The minimum Gasteiger partial charge on any atom is -0.493 e. The smallest absolute Gasteiger partial charge is 0.147 e. The molecule has 1 aromatic heterocycles. The van der Waals surface area contributed by atoms with Crippen molar-refractivity contribution >= 4 is 11.6 Å². The number of benzene rings is 1. The fraction of sp³-hybridized carbons (Fsp3) is 0.375. The van der Waals surface area contributed by atoms with E-state index in [0.29, 0.717) is 0 Å². The van der Waals surface area contributed by atoms with Crippen molar-refractivity contribution < 1.29 is 4.74 Å². The highest BCUT2D eigenvalue weighted by Crippen LogP contribution is 2.33. The summed E-state index contributed by atoms with van der Waals surface area (Å²) in [5.74, 6) is 2.55. The number of rotatable bonds is 5. The molecule has 3 rings (SSSR count). The Bertz CT molecular complexity index is 602. The molecule has 2 aromatic rings. The summed E-state index contributed by atoms with van der Waals surface area (Å²) in [6, 6.07) is 8.35. The lowest BCUT2D eigenvalue weighted by Crippen LogP contribution is -2.21. The van der Waals surface area contributed by atoms with Gasteiger partial charge in [-0.2, -0.15) is 0 Å². The van der Waals surface area contributed by atoms with Crippen molar-refractivity contribution in [2.45, 2.75) is 25.8 Å². The van der Waals surface area contributed by atoms with E-state index in [1.807, 2.05) is 18.2 Å². The second-order valence-electron chi connectivity index (χ2n) is 5.09. The molecule has 0 fully saturated rings. The SMILES string of the molecule is CCCNc1cncc(NC2CCOc3ccccc32)n1. The highest BCUT2D eigenvalue weighted by Gasteiger charge is 2.21. The van der Waals surface area contributed by atoms with Crippen LogP contribution < -0.4 is 15.4 Å². The van der Waals surface area contributed by atoms with Crippen LogP contribution in [0.3, 0.4) is 0 Å². The number of nitrogens with zero attached hydrogens (tertiary/aromatic N) is 2. The lowest BCUT2D eigenvalue weighted by atomic mass is 10.0. The van der Waals surface area contributed by atoms with Crippen LogP contribution in [0.25, 0.3) is 0 Å². The molecule has 1 aliphatic heterocycles. The number of para-hydroxylation sites is 1. The second-order valence-corrected chi connectivity index (χ2v) is 5.09. The van der Waals surface area contributed by atoms with Crippen molar-refractivity contribution in [3.05, 3.63) is 42.2 Å². The Labute approximate surface area is 124 Å². The van der Waals surface area contributed by atoms with E-state index in [4.69, 9.17) is 4.74 Å². The van der Waals surface area contributed by atoms with E-state index in [2.05, 4.69) is 33.6 Å². The predicted octanol–water partition coefficient (Wildman–Crippen LogP) is 3.23. The summed E-state index contributed by atoms with van der Waals surface area (Å²) in [4.78, 5) is 8.79. The Morgan fingerprint density at radius 2 is 2.10 bits per heavy atom. The molecule has 1 aromatic carbocycles. The van der Waals surface area contributed by atoms with Crippen LogP contribution in [0.1, 0.15) is 31.4 Å². The zero-order valence-corrected chi connectivity index (χ0v) is 12.2. The van der Waals surface area contributed by atoms with Crippen LogP contribution in [0, 0.1) is 0 Å². The Morgan fingerprint density at radius 3 is 3.00 bits per heavy atom. The van der Waals surface area contributed by atoms with Crippen LogP contribution in [0.5, 0.6) is 5.75 Å². The molecule has 2 N–H and O–H groups in total. The molecule has 0 spiro atoms. The van der Waals surface area contributed by atoms with Crippen LogP contribution in [-0.2, 0) is 0 Å². The van der Waals surface area contributed by atoms with Gasteiger partial charge >= 0.3 is 0 Å². The third-order valence-electron chi connectivity index (χ3n) is 3.47. The second kappa shape index (κ2) is 6.43. The van der Waals surface area contributed by atoms with Crippen molar-refractivity contribution in [2.24, 2.45) is 0 Å². The standard InChI is InChI=1S/C16H20N4O/c1-2-8-18-15-10-17-11-16(20-15)19-13-7-9-21-14-6-4-3-5-12(13)14/h3-6,10-11,13H,2,7-9H2,1H3,(H2,18,19,20). The third kappa shape index (κ3) is 3.24. The lowest BCUT2D eigenvalue weighted by molar-refractivity contribution is 0.274. The normalized spacial score (nSPS) is 16.7. The summed E-state index contributed by atoms with van der Waals surface area (Å²) in [5, 5.41) is 6.71. The van der Waals surface area contributed by atoms with Gasteiger partial charge in [0.2, 0.25) is 0 Å². The van der Waals surface area contributed by atoms with Gasteiger partial charge in [0, 0.05) is 18.5 Å². The minimum absolute atomic E-state index is 0.214. The van der Waals surface area contributed by atoms with Crippen molar-refractivity contribution in [1.82, 2.24) is 9.97 Å². The van der Waals surface area contributed by atoms with Crippen LogP contribution in [0.4, 0.5) is 11.6 Å². The molecule has 5 heteroatoms. The van der Waals surface area contributed by atoms with E-state index < -0.39 is 0 Å². The number of nitrogens with one attached hydrogen (secondary N) is 2. The fourth-order valence-corrected chi connectivity index (χ4v) is 2.44. The largest absolute Gasteiger partial charge is 0.493 e. The highest BCUT2D eigenvalue weighted by atomic mass is 16.5. The number of hydrogen-bond acceptors (Lipinski definition) is 5. The molecule has 1 atom stereocenters. The summed E-state index contributed by atoms with van der Waals surface area (Å²) in [7, 11) is 0. The molecule has 110 valence electrons. The van der Waals surface area contributed by atoms with Crippen LogP contribution >= 0.6 is 0 Å². The van der Waals surface area contributed by atoms with Crippen molar-refractivity contribution in [1.29, 1.82) is 0 Å². The van der Waals surface area contributed by atoms with Gasteiger partial charge in [0.25, 0.3) is 0 Å². The van der Waals surface area contributed by atoms with Gasteiger partial charge in [-0.3, -0.25) is 4.98 Å². The zero-order valence-electron chi connectivity index (χ0n) is 12.2. The molecular formula is C16H20N4O. The number of anilines is 2. The van der Waals surface area contributed by atoms with Crippen LogP contribution in [0.2, 0.25) is 0 Å². The summed E-state index contributed by atoms with van der Waals surface area (Å²) in [6.07, 6.45) is 5.49. The molecule has 0 amide bonds. The van der Waals surface area contributed by atoms with Gasteiger partial charge in [0.05, 0.1) is 25.0 Å². The lowest BCUT2D eigenvalue weighted by Gasteiger charge is -2.27. The molecule has 0 bridgehead atoms. The topological polar surface area (TPSA) is 59.1 Å². The highest BCUT2D eigenvalue weighted by molar-refractivity contribution is 5.46. The van der Waals surface area contributed by atoms with E-state index in [1.165, 1.54) is 5.56 Å². The average Bonchev–Trinajstić information content (AvgIpc) is 2.54. The van der Waals surface area contributed by atoms with Crippen LogP contribution in [-0.4, -0.2) is 23.1 Å². The number of ether oxygens (including phenoxy) is 1. The first-order chi connectivity index (χ1) is 10.4. The van der Waals surface area contributed by atoms with Gasteiger partial charge in [-0.15, -0.1) is 0 Å². The summed E-state index contributed by atoms with van der Waals surface area (Å²) < 4.78 is 5.68. The number of aromatic nitrogens is 2. The molecule has 1 unspecified atom stereocenters. The van der Waals surface area contributed by atoms with Gasteiger partial charge < -0.3 is 15.4 Å². The number of fused-ring (bicyclic) bond motifs is 1.